The van der Waals surface area contributed by atoms with Crippen molar-refractivity contribution in [2.24, 2.45) is 5.84 Å². The predicted molar refractivity (Wildman–Crippen MR) is 37.2 cm³/mol. The van der Waals surface area contributed by atoms with Crippen LogP contribution < -0.4 is 11.3 Å². The normalized spacial score (nSPS) is 8.73. The number of nitriles is 1. The van der Waals surface area contributed by atoms with Gasteiger partial charge >= 0.3 is 0 Å². The lowest BCUT2D eigenvalue weighted by atomic mass is 10.3. The maximum atomic E-state index is 10.8. The van der Waals surface area contributed by atoms with Crippen molar-refractivity contribution in [3.05, 3.63) is 23.5 Å². The quantitative estimate of drug-likeness (QED) is 0.286. The fourth-order valence-electron chi connectivity index (χ4n) is 0.668. The number of carbonyl (C=O) groups excluding carboxylic acids is 1. The summed E-state index contributed by atoms with van der Waals surface area (Å²) in [5, 5.41) is 8.37. The number of H-pyrrole nitrogens is 1. The van der Waals surface area contributed by atoms with Gasteiger partial charge in [0.1, 0.15) is 11.8 Å². The molecule has 0 saturated heterocycles. The number of carbonyl (C=O) groups is 1. The van der Waals surface area contributed by atoms with Gasteiger partial charge in [-0.25, -0.2) is 5.84 Å². The van der Waals surface area contributed by atoms with Gasteiger partial charge in [0.05, 0.1) is 5.56 Å². The number of amides is 1. The molecule has 0 fully saturated rings. The average Bonchev–Trinajstić information content (AvgIpc) is 2.50. The number of nitrogens with one attached hydrogen (secondary N) is 2. The van der Waals surface area contributed by atoms with E-state index in [0.29, 0.717) is 5.56 Å². The molecule has 1 heterocycles. The van der Waals surface area contributed by atoms with Crippen molar-refractivity contribution in [2.45, 2.75) is 0 Å². The SMILES string of the molecule is N#Cc1c[nH]c(C(=O)NN)c1. The third-order valence-corrected chi connectivity index (χ3v) is 1.19. The summed E-state index contributed by atoms with van der Waals surface area (Å²) in [5.41, 5.74) is 2.63. The Balaban J connectivity index is 2.91. The lowest BCUT2D eigenvalue weighted by Gasteiger charge is -1.91. The van der Waals surface area contributed by atoms with Gasteiger partial charge in [0.25, 0.3) is 5.91 Å². The van der Waals surface area contributed by atoms with Crippen LogP contribution >= 0.6 is 0 Å². The minimum Gasteiger partial charge on any atom is -0.356 e. The summed E-state index contributed by atoms with van der Waals surface area (Å²) in [6.45, 7) is 0. The van der Waals surface area contributed by atoms with Gasteiger partial charge in [-0.1, -0.05) is 0 Å². The number of nitrogens with two attached hydrogens (primary N) is 1. The summed E-state index contributed by atoms with van der Waals surface area (Å²) in [7, 11) is 0. The molecule has 1 amide bonds. The highest BCUT2D eigenvalue weighted by Crippen LogP contribution is 2.00. The molecule has 0 aliphatic heterocycles. The van der Waals surface area contributed by atoms with Gasteiger partial charge in [-0.2, -0.15) is 5.26 Å². The van der Waals surface area contributed by atoms with Crippen LogP contribution in [-0.4, -0.2) is 10.9 Å². The molecule has 1 aromatic rings. The lowest BCUT2D eigenvalue weighted by Crippen LogP contribution is -2.30. The maximum Gasteiger partial charge on any atom is 0.281 e. The summed E-state index contributed by atoms with van der Waals surface area (Å²) >= 11 is 0. The highest BCUT2D eigenvalue weighted by atomic mass is 16.2. The number of aromatic amines is 1. The zero-order chi connectivity index (χ0) is 8.27. The van der Waals surface area contributed by atoms with Crippen LogP contribution in [0.15, 0.2) is 12.3 Å². The molecule has 11 heavy (non-hydrogen) atoms. The third-order valence-electron chi connectivity index (χ3n) is 1.19. The second kappa shape index (κ2) is 2.86. The van der Waals surface area contributed by atoms with Gasteiger partial charge in [-0.15, -0.1) is 0 Å². The number of aromatic nitrogens is 1. The topological polar surface area (TPSA) is 94.7 Å². The van der Waals surface area contributed by atoms with E-state index >= 15 is 0 Å². The molecule has 0 unspecified atom stereocenters. The van der Waals surface area contributed by atoms with Gasteiger partial charge in [-0.3, -0.25) is 10.2 Å². The number of rotatable bonds is 1. The van der Waals surface area contributed by atoms with Crippen molar-refractivity contribution < 1.29 is 4.79 Å². The summed E-state index contributed by atoms with van der Waals surface area (Å²) in [6.07, 6.45) is 1.44. The van der Waals surface area contributed by atoms with E-state index in [1.54, 1.807) is 0 Å². The van der Waals surface area contributed by atoms with Crippen molar-refractivity contribution >= 4 is 5.91 Å². The molecular formula is C6H6N4O. The van der Waals surface area contributed by atoms with E-state index in [4.69, 9.17) is 11.1 Å². The Morgan fingerprint density at radius 3 is 3.00 bits per heavy atom. The van der Waals surface area contributed by atoms with Crippen LogP contribution in [0.25, 0.3) is 0 Å². The first kappa shape index (κ1) is 7.31. The molecule has 0 radical (unpaired) electrons. The van der Waals surface area contributed by atoms with Crippen molar-refractivity contribution in [1.29, 1.82) is 5.26 Å². The summed E-state index contributed by atoms with van der Waals surface area (Å²) in [5.74, 6) is 4.41. The van der Waals surface area contributed by atoms with Gasteiger partial charge in [-0.05, 0) is 6.07 Å². The molecule has 1 aromatic heterocycles. The van der Waals surface area contributed by atoms with Gasteiger partial charge < -0.3 is 4.98 Å². The van der Waals surface area contributed by atoms with Gasteiger partial charge in [0, 0.05) is 6.20 Å². The zero-order valence-electron chi connectivity index (χ0n) is 5.59. The molecule has 56 valence electrons. The Morgan fingerprint density at radius 2 is 2.55 bits per heavy atom. The van der Waals surface area contributed by atoms with Crippen molar-refractivity contribution in [3.63, 3.8) is 0 Å². The monoisotopic (exact) mass is 150 g/mol. The molecule has 5 nitrogen and oxygen atoms in total. The number of hydrogen-bond acceptors (Lipinski definition) is 3. The van der Waals surface area contributed by atoms with Crippen LogP contribution in [0.1, 0.15) is 16.1 Å². The molecule has 0 aliphatic rings. The standard InChI is InChI=1S/C6H6N4O/c7-2-4-1-5(9-3-4)6(11)10-8/h1,3,9H,8H2,(H,10,11). The highest BCUT2D eigenvalue weighted by Gasteiger charge is 2.04. The molecule has 1 rings (SSSR count). The second-order valence-electron chi connectivity index (χ2n) is 1.89. The smallest absolute Gasteiger partial charge is 0.281 e. The first-order valence-electron chi connectivity index (χ1n) is 2.87. The number of nitrogens with zero attached hydrogens (tertiary/aromatic N) is 1. The number of hydrazine groups is 1. The van der Waals surface area contributed by atoms with E-state index in [2.05, 4.69) is 4.98 Å². The van der Waals surface area contributed by atoms with E-state index < -0.39 is 5.91 Å². The fraction of sp³-hybridized carbons (Fsp3) is 0. The Morgan fingerprint density at radius 1 is 1.82 bits per heavy atom. The Labute approximate surface area is 62.8 Å². The van der Waals surface area contributed by atoms with Crippen LogP contribution in [0.3, 0.4) is 0 Å². The van der Waals surface area contributed by atoms with E-state index in [-0.39, 0.29) is 5.69 Å². The molecule has 4 N–H and O–H groups in total. The number of hydrogen-bond donors (Lipinski definition) is 3. The third kappa shape index (κ3) is 1.36. The van der Waals surface area contributed by atoms with Crippen molar-refractivity contribution in [3.8, 4) is 6.07 Å². The predicted octanol–water partition coefficient (Wildman–Crippen LogP) is -0.510. The highest BCUT2D eigenvalue weighted by molar-refractivity contribution is 5.92. The van der Waals surface area contributed by atoms with E-state index in [9.17, 15) is 4.79 Å². The van der Waals surface area contributed by atoms with E-state index in [1.165, 1.54) is 12.3 Å². The molecule has 5 heteroatoms. The molecular weight excluding hydrogens is 144 g/mol. The van der Waals surface area contributed by atoms with Gasteiger partial charge in [0.2, 0.25) is 0 Å². The Kier molecular flexibility index (Phi) is 1.90. The first-order valence-corrected chi connectivity index (χ1v) is 2.87. The molecule has 0 atom stereocenters. The van der Waals surface area contributed by atoms with Crippen molar-refractivity contribution in [2.75, 3.05) is 0 Å². The van der Waals surface area contributed by atoms with Crippen molar-refractivity contribution in [1.82, 2.24) is 10.4 Å². The lowest BCUT2D eigenvalue weighted by molar-refractivity contribution is 0.0949. The summed E-state index contributed by atoms with van der Waals surface area (Å²) in [6, 6.07) is 3.29. The maximum absolute atomic E-state index is 10.8. The summed E-state index contributed by atoms with van der Waals surface area (Å²) in [4.78, 5) is 13.4. The molecule has 0 aromatic carbocycles. The van der Waals surface area contributed by atoms with Crippen LogP contribution in [0.5, 0.6) is 0 Å². The Hall–Kier alpha value is -1.80. The first-order chi connectivity index (χ1) is 5.27. The van der Waals surface area contributed by atoms with E-state index in [0.717, 1.165) is 0 Å². The van der Waals surface area contributed by atoms with Crippen LogP contribution in [0.2, 0.25) is 0 Å². The Bertz CT molecular complexity index is 309. The molecule has 0 spiro atoms. The minimum atomic E-state index is -0.438. The zero-order valence-corrected chi connectivity index (χ0v) is 5.59. The van der Waals surface area contributed by atoms with Crippen LogP contribution in [-0.2, 0) is 0 Å². The largest absolute Gasteiger partial charge is 0.356 e. The van der Waals surface area contributed by atoms with Crippen LogP contribution in [0.4, 0.5) is 0 Å². The molecule has 0 aliphatic carbocycles. The molecule has 0 bridgehead atoms. The average molecular weight is 150 g/mol. The molecule has 0 saturated carbocycles. The minimum absolute atomic E-state index is 0.282. The fourth-order valence-corrected chi connectivity index (χ4v) is 0.668. The number of nitrogen functional groups attached to an aromatic ring is 1. The van der Waals surface area contributed by atoms with Crippen LogP contribution in [0, 0.1) is 11.3 Å². The van der Waals surface area contributed by atoms with Gasteiger partial charge in [0.15, 0.2) is 0 Å². The second-order valence-corrected chi connectivity index (χ2v) is 1.89. The summed E-state index contributed by atoms with van der Waals surface area (Å²) < 4.78 is 0. The van der Waals surface area contributed by atoms with E-state index in [1.807, 2.05) is 11.5 Å².